The van der Waals surface area contributed by atoms with Crippen molar-refractivity contribution in [2.75, 3.05) is 0 Å². The van der Waals surface area contributed by atoms with Crippen LogP contribution in [-0.4, -0.2) is 5.78 Å². The van der Waals surface area contributed by atoms with Gasteiger partial charge in [-0.2, -0.15) is 0 Å². The first-order valence-electron chi connectivity index (χ1n) is 10.4. The van der Waals surface area contributed by atoms with Crippen molar-refractivity contribution >= 4 is 5.78 Å². The lowest BCUT2D eigenvalue weighted by molar-refractivity contribution is 0.0952. The summed E-state index contributed by atoms with van der Waals surface area (Å²) in [4.78, 5) is 11.7. The molecule has 0 aliphatic carbocycles. The Labute approximate surface area is 149 Å². The molecule has 24 heavy (non-hydrogen) atoms. The van der Waals surface area contributed by atoms with E-state index in [1.54, 1.807) is 18.4 Å². The van der Waals surface area contributed by atoms with E-state index in [1.165, 1.54) is 89.9 Å². The van der Waals surface area contributed by atoms with Crippen LogP contribution >= 0.6 is 0 Å². The monoisotopic (exact) mass is 334 g/mol. The number of carbonyl (C=O) groups excluding carboxylic acids is 1. The van der Waals surface area contributed by atoms with Gasteiger partial charge in [0.25, 0.3) is 0 Å². The smallest absolute Gasteiger partial charge is 0.197 e. The normalized spacial score (nSPS) is 11.0. The van der Waals surface area contributed by atoms with Gasteiger partial charge in [0.05, 0.1) is 6.26 Å². The SMILES string of the molecule is CCCCCCCCCCCCCCCCCC(=O)c1ccco1. The topological polar surface area (TPSA) is 30.2 Å². The molecule has 0 fully saturated rings. The first-order valence-corrected chi connectivity index (χ1v) is 10.4. The maximum Gasteiger partial charge on any atom is 0.197 e. The van der Waals surface area contributed by atoms with Crippen molar-refractivity contribution in [2.45, 2.75) is 110 Å². The minimum absolute atomic E-state index is 0.148. The number of furan rings is 1. The molecule has 0 saturated heterocycles. The molecule has 0 amide bonds. The fourth-order valence-electron chi connectivity index (χ4n) is 3.22. The van der Waals surface area contributed by atoms with E-state index in [1.807, 2.05) is 0 Å². The summed E-state index contributed by atoms with van der Waals surface area (Å²) in [5.41, 5.74) is 0. The fourth-order valence-corrected chi connectivity index (χ4v) is 3.22. The predicted molar refractivity (Wildman–Crippen MR) is 103 cm³/mol. The third-order valence-corrected chi connectivity index (χ3v) is 4.80. The Morgan fingerprint density at radius 2 is 1.21 bits per heavy atom. The van der Waals surface area contributed by atoms with Gasteiger partial charge in [0.2, 0.25) is 0 Å². The maximum atomic E-state index is 11.7. The molecule has 0 radical (unpaired) electrons. The van der Waals surface area contributed by atoms with Gasteiger partial charge in [0, 0.05) is 6.42 Å². The van der Waals surface area contributed by atoms with E-state index >= 15 is 0 Å². The second-order valence-corrected chi connectivity index (χ2v) is 7.10. The number of carbonyl (C=O) groups is 1. The summed E-state index contributed by atoms with van der Waals surface area (Å²) in [7, 11) is 0. The van der Waals surface area contributed by atoms with Crippen LogP contribution in [0, 0.1) is 0 Å². The molecule has 0 aliphatic rings. The third kappa shape index (κ3) is 11.5. The molecule has 2 nitrogen and oxygen atoms in total. The van der Waals surface area contributed by atoms with Gasteiger partial charge in [-0.3, -0.25) is 4.79 Å². The van der Waals surface area contributed by atoms with Crippen molar-refractivity contribution in [3.63, 3.8) is 0 Å². The van der Waals surface area contributed by atoms with Crippen LogP contribution in [0.25, 0.3) is 0 Å². The van der Waals surface area contributed by atoms with Crippen LogP contribution in [0.1, 0.15) is 120 Å². The summed E-state index contributed by atoms with van der Waals surface area (Å²) >= 11 is 0. The Balaban J connectivity index is 1.74. The van der Waals surface area contributed by atoms with Gasteiger partial charge >= 0.3 is 0 Å². The lowest BCUT2D eigenvalue weighted by Crippen LogP contribution is -1.96. The van der Waals surface area contributed by atoms with E-state index in [4.69, 9.17) is 4.42 Å². The van der Waals surface area contributed by atoms with E-state index in [0.29, 0.717) is 12.2 Å². The summed E-state index contributed by atoms with van der Waals surface area (Å²) in [6.07, 6.45) is 22.5. The molecule has 1 aromatic heterocycles. The van der Waals surface area contributed by atoms with Crippen molar-refractivity contribution in [1.29, 1.82) is 0 Å². The number of hydrogen-bond acceptors (Lipinski definition) is 2. The molecule has 1 heterocycles. The Morgan fingerprint density at radius 1 is 0.750 bits per heavy atom. The summed E-state index contributed by atoms with van der Waals surface area (Å²) in [6.45, 7) is 2.28. The lowest BCUT2D eigenvalue weighted by atomic mass is 10.0. The first kappa shape index (κ1) is 21.0. The van der Waals surface area contributed by atoms with Gasteiger partial charge in [0.1, 0.15) is 0 Å². The van der Waals surface area contributed by atoms with Gasteiger partial charge in [-0.1, -0.05) is 96.8 Å². The zero-order valence-electron chi connectivity index (χ0n) is 15.9. The Bertz CT molecular complexity index is 381. The minimum atomic E-state index is 0.148. The van der Waals surface area contributed by atoms with E-state index < -0.39 is 0 Å². The van der Waals surface area contributed by atoms with Crippen LogP contribution in [-0.2, 0) is 0 Å². The molecule has 1 rings (SSSR count). The molecule has 0 aromatic carbocycles. The average Bonchev–Trinajstić information content (AvgIpc) is 3.13. The van der Waals surface area contributed by atoms with Crippen molar-refractivity contribution < 1.29 is 9.21 Å². The molecule has 0 bridgehead atoms. The van der Waals surface area contributed by atoms with Crippen LogP contribution in [0.15, 0.2) is 22.8 Å². The second-order valence-electron chi connectivity index (χ2n) is 7.10. The van der Waals surface area contributed by atoms with Crippen molar-refractivity contribution in [3.05, 3.63) is 24.2 Å². The van der Waals surface area contributed by atoms with E-state index in [0.717, 1.165) is 6.42 Å². The summed E-state index contributed by atoms with van der Waals surface area (Å²) in [5.74, 6) is 0.662. The Kier molecular flexibility index (Phi) is 13.5. The van der Waals surface area contributed by atoms with Crippen molar-refractivity contribution in [2.24, 2.45) is 0 Å². The average molecular weight is 335 g/mol. The summed E-state index contributed by atoms with van der Waals surface area (Å²) in [5, 5.41) is 0. The highest BCUT2D eigenvalue weighted by Crippen LogP contribution is 2.14. The van der Waals surface area contributed by atoms with E-state index in [9.17, 15) is 4.79 Å². The standard InChI is InChI=1S/C22H38O2/c1-2-3-4-5-6-7-8-9-10-11-12-13-14-15-16-18-21(23)22-19-17-20-24-22/h17,19-20H,2-16,18H2,1H3. The van der Waals surface area contributed by atoms with Gasteiger partial charge in [-0.05, 0) is 18.6 Å². The zero-order chi connectivity index (χ0) is 17.3. The highest BCUT2D eigenvalue weighted by molar-refractivity contribution is 5.93. The molecule has 0 unspecified atom stereocenters. The zero-order valence-corrected chi connectivity index (χ0v) is 15.9. The second kappa shape index (κ2) is 15.5. The molecule has 0 atom stereocenters. The van der Waals surface area contributed by atoms with Gasteiger partial charge in [-0.15, -0.1) is 0 Å². The van der Waals surface area contributed by atoms with Crippen molar-refractivity contribution in [1.82, 2.24) is 0 Å². The summed E-state index contributed by atoms with van der Waals surface area (Å²) in [6, 6.07) is 3.53. The number of Topliss-reactive ketones (excluding diaryl/α,β-unsaturated/α-hetero) is 1. The molecular weight excluding hydrogens is 296 g/mol. The maximum absolute atomic E-state index is 11.7. The highest BCUT2D eigenvalue weighted by Gasteiger charge is 2.07. The number of hydrogen-bond donors (Lipinski definition) is 0. The van der Waals surface area contributed by atoms with Crippen LogP contribution < -0.4 is 0 Å². The quantitative estimate of drug-likeness (QED) is 0.215. The molecular formula is C22H38O2. The minimum Gasteiger partial charge on any atom is -0.461 e. The molecule has 2 heteroatoms. The number of ketones is 1. The lowest BCUT2D eigenvalue weighted by Gasteiger charge is -2.03. The third-order valence-electron chi connectivity index (χ3n) is 4.80. The Morgan fingerprint density at radius 3 is 1.62 bits per heavy atom. The molecule has 0 spiro atoms. The van der Waals surface area contributed by atoms with Gasteiger partial charge < -0.3 is 4.42 Å². The van der Waals surface area contributed by atoms with Crippen LogP contribution in [0.3, 0.4) is 0 Å². The first-order chi connectivity index (χ1) is 11.8. The number of rotatable bonds is 17. The fraction of sp³-hybridized carbons (Fsp3) is 0.773. The van der Waals surface area contributed by atoms with Gasteiger partial charge in [-0.25, -0.2) is 0 Å². The van der Waals surface area contributed by atoms with Crippen LogP contribution in [0.4, 0.5) is 0 Å². The molecule has 0 aliphatic heterocycles. The van der Waals surface area contributed by atoms with Crippen LogP contribution in [0.5, 0.6) is 0 Å². The van der Waals surface area contributed by atoms with Crippen LogP contribution in [0.2, 0.25) is 0 Å². The summed E-state index contributed by atoms with van der Waals surface area (Å²) < 4.78 is 5.12. The molecule has 138 valence electrons. The highest BCUT2D eigenvalue weighted by atomic mass is 16.3. The largest absolute Gasteiger partial charge is 0.461 e. The molecule has 1 aromatic rings. The van der Waals surface area contributed by atoms with Crippen molar-refractivity contribution in [3.8, 4) is 0 Å². The molecule has 0 saturated carbocycles. The van der Waals surface area contributed by atoms with E-state index in [2.05, 4.69) is 6.92 Å². The number of unbranched alkanes of at least 4 members (excludes halogenated alkanes) is 14. The predicted octanol–water partition coefficient (Wildman–Crippen LogP) is 7.72. The molecule has 0 N–H and O–H groups in total. The Hall–Kier alpha value is -1.05. The van der Waals surface area contributed by atoms with Gasteiger partial charge in [0.15, 0.2) is 11.5 Å². The van der Waals surface area contributed by atoms with E-state index in [-0.39, 0.29) is 5.78 Å².